The number of aliphatic carboxylic acids is 1. The number of rotatable bonds is 25. The lowest BCUT2D eigenvalue weighted by Crippen LogP contribution is -2.58. The number of hydrogen-bond acceptors (Lipinski definition) is 13. The fourth-order valence-electron chi connectivity index (χ4n) is 6.78. The van der Waals surface area contributed by atoms with Crippen molar-refractivity contribution in [1.29, 1.82) is 0 Å². The topological polar surface area (TPSA) is 275 Å². The Morgan fingerprint density at radius 2 is 1.14 bits per heavy atom. The molecule has 4 rings (SSSR count). The Kier molecular flexibility index (Phi) is 20.9. The average Bonchev–Trinajstić information content (AvgIpc) is 3.32. The number of nitro groups is 1. The van der Waals surface area contributed by atoms with E-state index in [1.165, 1.54) is 30.3 Å². The number of nitrogens with zero attached hydrogens (tertiary/aromatic N) is 4. The first-order valence-corrected chi connectivity index (χ1v) is 21.4. The van der Waals surface area contributed by atoms with E-state index in [-0.39, 0.29) is 75.5 Å². The monoisotopic (exact) mass is 909 g/mol. The predicted octanol–water partition coefficient (Wildman–Crippen LogP) is 4.99. The van der Waals surface area contributed by atoms with Crippen LogP contribution in [0.15, 0.2) is 121 Å². The Balaban J connectivity index is 1.85. The minimum atomic E-state index is -2.32. The number of nitrogens with one attached hydrogen (secondary N) is 1. The highest BCUT2D eigenvalue weighted by atomic mass is 16.7. The van der Waals surface area contributed by atoms with Gasteiger partial charge in [-0.1, -0.05) is 116 Å². The van der Waals surface area contributed by atoms with E-state index in [4.69, 9.17) is 20.9 Å². The van der Waals surface area contributed by atoms with Crippen molar-refractivity contribution >= 4 is 47.5 Å². The number of benzene rings is 4. The summed E-state index contributed by atoms with van der Waals surface area (Å²) in [4.78, 5) is 113. The number of unbranched alkanes of at least 4 members (excludes halogenated alkanes) is 3. The largest absolute Gasteiger partial charge is 0.480 e. The van der Waals surface area contributed by atoms with Crippen LogP contribution in [0.1, 0.15) is 61.6 Å². The van der Waals surface area contributed by atoms with Gasteiger partial charge in [-0.3, -0.25) is 24.1 Å². The maximum Gasteiger partial charge on any atom is 0.420 e. The van der Waals surface area contributed by atoms with Gasteiger partial charge in [0.05, 0.1) is 0 Å². The highest BCUT2D eigenvalue weighted by Crippen LogP contribution is 2.23. The molecule has 4 aromatic carbocycles. The van der Waals surface area contributed by atoms with Crippen LogP contribution in [-0.4, -0.2) is 93.4 Å². The van der Waals surface area contributed by atoms with Gasteiger partial charge < -0.3 is 31.4 Å². The quantitative estimate of drug-likeness (QED) is 0.0295. The average molecular weight is 910 g/mol. The number of anilines is 1. The number of hydrogen-bond donors (Lipinski definition) is 4. The lowest BCUT2D eigenvalue weighted by Gasteiger charge is -2.33. The second kappa shape index (κ2) is 27.0. The summed E-state index contributed by atoms with van der Waals surface area (Å²) in [5, 5.41) is 24.1. The Bertz CT molecular complexity index is 2160. The van der Waals surface area contributed by atoms with Crippen LogP contribution >= 0.6 is 0 Å². The summed E-state index contributed by atoms with van der Waals surface area (Å²) in [7, 11) is 0. The normalized spacial score (nSPS) is 12.1. The molecule has 6 N–H and O–H groups in total. The lowest BCUT2D eigenvalue weighted by molar-refractivity contribution is -0.484. The second-order valence-corrected chi connectivity index (χ2v) is 15.1. The van der Waals surface area contributed by atoms with Crippen LogP contribution in [-0.2, 0) is 53.1 Å². The van der Waals surface area contributed by atoms with Gasteiger partial charge in [0.2, 0.25) is 11.8 Å². The van der Waals surface area contributed by atoms with E-state index >= 15 is 4.79 Å². The lowest BCUT2D eigenvalue weighted by atomic mass is 10.0. The highest BCUT2D eigenvalue weighted by molar-refractivity contribution is 6.09. The van der Waals surface area contributed by atoms with E-state index in [0.29, 0.717) is 39.3 Å². The molecule has 0 radical (unpaired) electrons. The maximum absolute atomic E-state index is 15.2. The van der Waals surface area contributed by atoms with Crippen molar-refractivity contribution < 1.29 is 53.2 Å². The molecule has 0 aliphatic rings. The van der Waals surface area contributed by atoms with Gasteiger partial charge in [0.15, 0.2) is 5.03 Å². The maximum atomic E-state index is 15.2. The van der Waals surface area contributed by atoms with Crippen molar-refractivity contribution in [3.63, 3.8) is 0 Å². The third kappa shape index (κ3) is 15.6. The molecule has 350 valence electrons. The smallest absolute Gasteiger partial charge is 0.420 e. The zero-order valence-corrected chi connectivity index (χ0v) is 36.4. The third-order valence-electron chi connectivity index (χ3n) is 10.2. The molecule has 1 unspecified atom stereocenters. The zero-order chi connectivity index (χ0) is 47.8. The molecule has 0 bridgehead atoms. The molecule has 66 heavy (non-hydrogen) atoms. The van der Waals surface area contributed by atoms with E-state index in [0.717, 1.165) is 0 Å². The summed E-state index contributed by atoms with van der Waals surface area (Å²) in [5.41, 5.74) is 12.7. The van der Waals surface area contributed by atoms with E-state index in [1.54, 1.807) is 91.0 Å². The van der Waals surface area contributed by atoms with Gasteiger partial charge in [-0.15, -0.1) is 0 Å². The van der Waals surface area contributed by atoms with Crippen molar-refractivity contribution in [1.82, 2.24) is 15.1 Å². The van der Waals surface area contributed by atoms with Crippen molar-refractivity contribution in [2.24, 2.45) is 17.4 Å². The van der Waals surface area contributed by atoms with Gasteiger partial charge in [0.1, 0.15) is 36.9 Å². The number of carbonyl (C=O) groups excluding carboxylic acids is 6. The number of amides is 6. The molecule has 0 saturated carbocycles. The first-order valence-electron chi connectivity index (χ1n) is 21.4. The van der Waals surface area contributed by atoms with Gasteiger partial charge in [-0.05, 0) is 79.0 Å². The van der Waals surface area contributed by atoms with Gasteiger partial charge in [-0.25, -0.2) is 24.5 Å². The summed E-state index contributed by atoms with van der Waals surface area (Å²) in [5.74, 6) is -8.99. The van der Waals surface area contributed by atoms with Gasteiger partial charge in [0, 0.05) is 19.4 Å². The zero-order valence-electron chi connectivity index (χ0n) is 36.4. The molecule has 3 atom stereocenters. The van der Waals surface area contributed by atoms with E-state index < -0.39 is 71.4 Å². The van der Waals surface area contributed by atoms with Crippen LogP contribution in [0.2, 0.25) is 0 Å². The number of carbonyl (C=O) groups is 7. The molecule has 0 aliphatic heterocycles. The number of para-hydroxylation sites is 1. The Morgan fingerprint density at radius 3 is 1.62 bits per heavy atom. The van der Waals surface area contributed by atoms with Crippen LogP contribution in [0.5, 0.6) is 0 Å². The van der Waals surface area contributed by atoms with Crippen LogP contribution in [0.3, 0.4) is 0 Å². The summed E-state index contributed by atoms with van der Waals surface area (Å²) in [6, 6.07) is 28.2. The molecule has 0 heterocycles. The third-order valence-corrected chi connectivity index (χ3v) is 10.2. The molecule has 0 aliphatic carbocycles. The molecular formula is C47H55N7O12. The molecule has 0 fully saturated rings. The van der Waals surface area contributed by atoms with E-state index in [2.05, 4.69) is 5.32 Å². The molecule has 0 saturated heterocycles. The first-order chi connectivity index (χ1) is 31.9. The number of nitrogens with two attached hydrogens (primary N) is 2. The molecule has 19 heteroatoms. The van der Waals surface area contributed by atoms with Crippen molar-refractivity contribution in [2.75, 3.05) is 24.6 Å². The number of carboxylic acid groups (broad SMARTS) is 1. The number of hydrazine groups is 1. The standard InChI is InChI=1S/C47H55N7O12/c48-28-16-5-14-27-41(55)51(31-38(43(57)53(54(63)64)37-24-12-4-13-25-37)42(56)50-39(45(59)60)30-34-18-6-1-7-19-34)44(58)40(26-15-17-29-49)52(46(61)65-32-35-20-8-2-9-21-35)47(62)66-33-36-22-10-3-11-23-36/h1-4,6-13,18-25,38-40H,5,14-17,26-33,48-49H2,(H,50,56)(H,59,60)/t38?,39-,40-/m0/s1. The van der Waals surface area contributed by atoms with Crippen molar-refractivity contribution in [3.05, 3.63) is 148 Å². The van der Waals surface area contributed by atoms with Crippen LogP contribution in [0.25, 0.3) is 0 Å². The van der Waals surface area contributed by atoms with Crippen LogP contribution < -0.4 is 21.8 Å². The van der Waals surface area contributed by atoms with Gasteiger partial charge >= 0.3 is 24.1 Å². The fraction of sp³-hybridized carbons (Fsp3) is 0.340. The Labute approximate surface area is 381 Å². The van der Waals surface area contributed by atoms with Crippen molar-refractivity contribution in [2.45, 2.75) is 76.7 Å². The minimum absolute atomic E-state index is 0.0541. The second-order valence-electron chi connectivity index (χ2n) is 15.1. The molecule has 0 spiro atoms. The summed E-state index contributed by atoms with van der Waals surface area (Å²) in [6.07, 6.45) is -2.19. The van der Waals surface area contributed by atoms with Crippen molar-refractivity contribution in [3.8, 4) is 0 Å². The van der Waals surface area contributed by atoms with Crippen LogP contribution in [0, 0.1) is 16.0 Å². The number of carboxylic acids is 1. The first kappa shape index (κ1) is 51.1. The Hall–Kier alpha value is -7.51. The van der Waals surface area contributed by atoms with Crippen LogP contribution in [0.4, 0.5) is 15.3 Å². The molecule has 19 nitrogen and oxygen atoms in total. The van der Waals surface area contributed by atoms with E-state index in [1.807, 2.05) is 0 Å². The number of imide groups is 2. The number of ether oxygens (including phenoxy) is 2. The fourth-order valence-corrected chi connectivity index (χ4v) is 6.78. The molecule has 6 amide bonds. The van der Waals surface area contributed by atoms with E-state index in [9.17, 15) is 44.0 Å². The minimum Gasteiger partial charge on any atom is -0.480 e. The van der Waals surface area contributed by atoms with Gasteiger partial charge in [0.25, 0.3) is 5.91 Å². The highest BCUT2D eigenvalue weighted by Gasteiger charge is 2.46. The summed E-state index contributed by atoms with van der Waals surface area (Å²) >= 11 is 0. The molecule has 0 aromatic heterocycles. The van der Waals surface area contributed by atoms with Gasteiger partial charge in [-0.2, -0.15) is 4.90 Å². The molecule has 4 aromatic rings. The Morgan fingerprint density at radius 1 is 0.652 bits per heavy atom. The molecular weight excluding hydrogens is 855 g/mol. The SMILES string of the molecule is NCCCCCC(=O)N(CC(C(=O)N[C@@H](Cc1ccccc1)C(=O)O)C(=O)N(c1ccccc1)[N+](=O)[O-])C(=O)[C@H](CCCCN)N(C(=O)OCc1ccccc1)C(=O)OCc1ccccc1. The summed E-state index contributed by atoms with van der Waals surface area (Å²) in [6.45, 7) is -1.48. The summed E-state index contributed by atoms with van der Waals surface area (Å²) < 4.78 is 11.1. The predicted molar refractivity (Wildman–Crippen MR) is 240 cm³/mol.